The zero-order valence-electron chi connectivity index (χ0n) is 22.1. The average Bonchev–Trinajstić information content (AvgIpc) is 2.96. The molecule has 1 unspecified atom stereocenters. The lowest BCUT2D eigenvalue weighted by Crippen LogP contribution is -2.31. The molecule has 0 aromatic heterocycles. The zero-order chi connectivity index (χ0) is 27.5. The molecular formula is C30H34O8. The molecule has 8 heteroatoms. The number of aliphatic hydroxyl groups excluding tert-OH is 1. The van der Waals surface area contributed by atoms with E-state index in [2.05, 4.69) is 0 Å². The predicted molar refractivity (Wildman–Crippen MR) is 142 cm³/mol. The van der Waals surface area contributed by atoms with Crippen molar-refractivity contribution in [1.82, 2.24) is 0 Å². The first-order valence-corrected chi connectivity index (χ1v) is 12.3. The molecule has 38 heavy (non-hydrogen) atoms. The number of carbonyl (C=O) groups excluding carboxylic acids is 2. The number of benzene rings is 3. The number of ketones is 1. The number of esters is 1. The highest BCUT2D eigenvalue weighted by atomic mass is 16.6. The maximum absolute atomic E-state index is 12.3. The first-order valence-electron chi connectivity index (χ1n) is 12.3. The van der Waals surface area contributed by atoms with Gasteiger partial charge in [0.05, 0.1) is 27.2 Å². The van der Waals surface area contributed by atoms with Gasteiger partial charge in [-0.05, 0) is 60.0 Å². The fourth-order valence-electron chi connectivity index (χ4n) is 4.11. The Kier molecular flexibility index (Phi) is 10.3. The van der Waals surface area contributed by atoms with Crippen molar-refractivity contribution in [2.24, 2.45) is 0 Å². The topological polar surface area (TPSA) is 101 Å². The van der Waals surface area contributed by atoms with Gasteiger partial charge in [0.15, 0.2) is 5.78 Å². The van der Waals surface area contributed by atoms with Gasteiger partial charge in [0.2, 0.25) is 0 Å². The van der Waals surface area contributed by atoms with Gasteiger partial charge in [-0.3, -0.25) is 9.59 Å². The second-order valence-corrected chi connectivity index (χ2v) is 8.68. The van der Waals surface area contributed by atoms with E-state index in [9.17, 15) is 9.59 Å². The Labute approximate surface area is 223 Å². The summed E-state index contributed by atoms with van der Waals surface area (Å²) in [5.74, 6) is 1.14. The Morgan fingerprint density at radius 1 is 0.789 bits per heavy atom. The highest BCUT2D eigenvalue weighted by Gasteiger charge is 2.37. The van der Waals surface area contributed by atoms with Crippen LogP contribution < -0.4 is 14.2 Å². The third kappa shape index (κ3) is 6.90. The quantitative estimate of drug-likeness (QED) is 0.247. The van der Waals surface area contributed by atoms with Gasteiger partial charge in [-0.25, -0.2) is 0 Å². The first-order chi connectivity index (χ1) is 18.4. The Morgan fingerprint density at radius 2 is 1.37 bits per heavy atom. The fraction of sp³-hybridized carbons (Fsp3) is 0.333. The van der Waals surface area contributed by atoms with E-state index in [4.69, 9.17) is 28.8 Å². The molecule has 0 amide bonds. The second kappa shape index (κ2) is 13.6. The third-order valence-electron chi connectivity index (χ3n) is 6.14. The second-order valence-electron chi connectivity index (χ2n) is 8.68. The smallest absolute Gasteiger partial charge is 0.306 e. The minimum atomic E-state index is -0.991. The van der Waals surface area contributed by atoms with Crippen LogP contribution in [0.5, 0.6) is 17.2 Å². The monoisotopic (exact) mass is 522 g/mol. The van der Waals surface area contributed by atoms with Gasteiger partial charge >= 0.3 is 5.97 Å². The maximum atomic E-state index is 12.3. The van der Waals surface area contributed by atoms with Crippen molar-refractivity contribution in [3.8, 4) is 17.2 Å². The molecular weight excluding hydrogens is 488 g/mol. The van der Waals surface area contributed by atoms with Gasteiger partial charge in [-0.2, -0.15) is 0 Å². The van der Waals surface area contributed by atoms with E-state index in [0.29, 0.717) is 5.75 Å². The molecule has 0 fully saturated rings. The van der Waals surface area contributed by atoms with Crippen LogP contribution in [0.15, 0.2) is 72.8 Å². The fourth-order valence-corrected chi connectivity index (χ4v) is 4.11. The van der Waals surface area contributed by atoms with Crippen molar-refractivity contribution in [2.75, 3.05) is 34.5 Å². The molecule has 0 saturated heterocycles. The summed E-state index contributed by atoms with van der Waals surface area (Å²) in [6, 6.07) is 22.6. The Hall–Kier alpha value is -3.88. The molecule has 0 radical (unpaired) electrons. The SMILES string of the molecule is COc1ccc(C(OC)(c2ccc(OC)cc2)c2cccc(OCC(=O)CCC(=O)OC(C)CO)c2)cc1. The Morgan fingerprint density at radius 3 is 1.87 bits per heavy atom. The number of methoxy groups -OCH3 is 3. The van der Waals surface area contributed by atoms with Gasteiger partial charge in [0.25, 0.3) is 0 Å². The van der Waals surface area contributed by atoms with Gasteiger partial charge < -0.3 is 28.8 Å². The molecule has 0 bridgehead atoms. The lowest BCUT2D eigenvalue weighted by molar-refractivity contribution is -0.151. The molecule has 0 aliphatic heterocycles. The van der Waals surface area contributed by atoms with Crippen LogP contribution in [0.25, 0.3) is 0 Å². The minimum absolute atomic E-state index is 0.0175. The van der Waals surface area contributed by atoms with Crippen molar-refractivity contribution >= 4 is 11.8 Å². The molecule has 3 rings (SSSR count). The van der Waals surface area contributed by atoms with Gasteiger partial charge in [0, 0.05) is 13.5 Å². The van der Waals surface area contributed by atoms with E-state index in [-0.39, 0.29) is 31.8 Å². The highest BCUT2D eigenvalue weighted by Crippen LogP contribution is 2.42. The minimum Gasteiger partial charge on any atom is -0.497 e. The summed E-state index contributed by atoms with van der Waals surface area (Å²) in [5, 5.41) is 8.98. The summed E-state index contributed by atoms with van der Waals surface area (Å²) in [6.07, 6.45) is -0.695. The zero-order valence-corrected chi connectivity index (χ0v) is 22.1. The molecule has 3 aromatic rings. The number of aliphatic hydroxyl groups is 1. The van der Waals surface area contributed by atoms with E-state index < -0.39 is 17.7 Å². The van der Waals surface area contributed by atoms with Crippen molar-refractivity contribution in [2.45, 2.75) is 31.5 Å². The molecule has 0 spiro atoms. The van der Waals surface area contributed by atoms with Crippen molar-refractivity contribution in [1.29, 1.82) is 0 Å². The van der Waals surface area contributed by atoms with E-state index in [1.807, 2.05) is 66.7 Å². The van der Waals surface area contributed by atoms with Crippen molar-refractivity contribution in [3.63, 3.8) is 0 Å². The molecule has 0 aliphatic rings. The average molecular weight is 523 g/mol. The van der Waals surface area contributed by atoms with Crippen LogP contribution in [0.2, 0.25) is 0 Å². The van der Waals surface area contributed by atoms with E-state index in [1.165, 1.54) is 0 Å². The number of hydrogen-bond donors (Lipinski definition) is 1. The standard InChI is InChI=1S/C30H34O8/c1-21(19-31)38-29(33)17-12-25(32)20-37-28-7-5-6-24(18-28)30(36-4,22-8-13-26(34-2)14-9-22)23-10-15-27(35-3)16-11-23/h5-11,13-16,18,21,31H,12,17,19-20H2,1-4H3. The van der Waals surface area contributed by atoms with Gasteiger partial charge in [-0.1, -0.05) is 36.4 Å². The number of rotatable bonds is 14. The summed E-state index contributed by atoms with van der Waals surface area (Å²) in [7, 11) is 4.87. The summed E-state index contributed by atoms with van der Waals surface area (Å²) in [5.41, 5.74) is 1.54. The van der Waals surface area contributed by atoms with Crippen LogP contribution in [0, 0.1) is 0 Å². The summed E-state index contributed by atoms with van der Waals surface area (Å²) >= 11 is 0. The van der Waals surface area contributed by atoms with Crippen LogP contribution in [0.3, 0.4) is 0 Å². The first kappa shape index (κ1) is 28.7. The molecule has 3 aromatic carbocycles. The van der Waals surface area contributed by atoms with Crippen LogP contribution in [-0.4, -0.2) is 57.5 Å². The van der Waals surface area contributed by atoms with Crippen molar-refractivity contribution in [3.05, 3.63) is 89.5 Å². The van der Waals surface area contributed by atoms with E-state index in [0.717, 1.165) is 28.2 Å². The van der Waals surface area contributed by atoms with Gasteiger partial charge in [-0.15, -0.1) is 0 Å². The molecule has 0 heterocycles. The maximum Gasteiger partial charge on any atom is 0.306 e. The molecule has 0 aliphatic carbocycles. The number of Topliss-reactive ketones (excluding diaryl/α,β-unsaturated/α-hetero) is 1. The largest absolute Gasteiger partial charge is 0.497 e. The lowest BCUT2D eigenvalue weighted by Gasteiger charge is -2.34. The summed E-state index contributed by atoms with van der Waals surface area (Å²) < 4.78 is 27.7. The lowest BCUT2D eigenvalue weighted by atomic mass is 9.80. The summed E-state index contributed by atoms with van der Waals surface area (Å²) in [6.45, 7) is 1.11. The van der Waals surface area contributed by atoms with Crippen LogP contribution >= 0.6 is 0 Å². The van der Waals surface area contributed by atoms with Gasteiger partial charge in [0.1, 0.15) is 35.6 Å². The number of carbonyl (C=O) groups is 2. The van der Waals surface area contributed by atoms with Crippen LogP contribution in [-0.2, 0) is 24.7 Å². The third-order valence-corrected chi connectivity index (χ3v) is 6.14. The highest BCUT2D eigenvalue weighted by molar-refractivity contribution is 5.84. The Balaban J connectivity index is 1.85. The molecule has 0 saturated carbocycles. The Bertz CT molecular complexity index is 1140. The van der Waals surface area contributed by atoms with E-state index in [1.54, 1.807) is 34.3 Å². The molecule has 8 nitrogen and oxygen atoms in total. The normalized spacial score (nSPS) is 11.9. The molecule has 1 atom stereocenters. The number of hydrogen-bond acceptors (Lipinski definition) is 8. The van der Waals surface area contributed by atoms with Crippen molar-refractivity contribution < 1.29 is 38.4 Å². The van der Waals surface area contributed by atoms with Crippen LogP contribution in [0.1, 0.15) is 36.5 Å². The van der Waals surface area contributed by atoms with Crippen LogP contribution in [0.4, 0.5) is 0 Å². The number of ether oxygens (including phenoxy) is 5. The molecule has 1 N–H and O–H groups in total. The molecule has 202 valence electrons. The summed E-state index contributed by atoms with van der Waals surface area (Å²) in [4.78, 5) is 24.1. The predicted octanol–water partition coefficient (Wildman–Crippen LogP) is 4.29. The van der Waals surface area contributed by atoms with E-state index >= 15 is 0 Å².